The third kappa shape index (κ3) is 3.48. The molecule has 0 aliphatic carbocycles. The largest absolute Gasteiger partial charge is 0.373 e. The Morgan fingerprint density at radius 1 is 1.26 bits per heavy atom. The third-order valence-corrected chi connectivity index (χ3v) is 3.33. The first-order valence-electron chi connectivity index (χ1n) is 5.82. The van der Waals surface area contributed by atoms with Gasteiger partial charge in [-0.2, -0.15) is 0 Å². The topological polar surface area (TPSA) is 54.0 Å². The van der Waals surface area contributed by atoms with Crippen LogP contribution in [0.1, 0.15) is 10.4 Å². The molecule has 0 radical (unpaired) electrons. The molecule has 0 aliphatic heterocycles. The van der Waals surface area contributed by atoms with E-state index in [2.05, 4.69) is 15.6 Å². The Bertz CT molecular complexity index is 586. The van der Waals surface area contributed by atoms with Gasteiger partial charge in [-0.3, -0.25) is 4.79 Å². The molecule has 1 aromatic heterocycles. The maximum Gasteiger partial charge on any atom is 0.255 e. The minimum absolute atomic E-state index is 0.142. The Morgan fingerprint density at radius 3 is 2.84 bits per heavy atom. The Kier molecular flexibility index (Phi) is 4.41. The van der Waals surface area contributed by atoms with Crippen LogP contribution in [0, 0.1) is 0 Å². The van der Waals surface area contributed by atoms with E-state index in [1.165, 1.54) is 0 Å². The maximum absolute atomic E-state index is 12.1. The molecule has 0 fully saturated rings. The molecule has 1 heterocycles. The quantitative estimate of drug-likeness (QED) is 0.840. The highest BCUT2D eigenvalue weighted by Gasteiger charge is 2.07. The number of carbonyl (C=O) groups is 1. The van der Waals surface area contributed by atoms with Gasteiger partial charge in [0.15, 0.2) is 0 Å². The van der Waals surface area contributed by atoms with E-state index in [1.807, 2.05) is 30.5 Å². The van der Waals surface area contributed by atoms with Crippen LogP contribution in [0.2, 0.25) is 0 Å². The molecule has 0 atom stereocenters. The summed E-state index contributed by atoms with van der Waals surface area (Å²) in [5, 5.41) is 5.79. The zero-order chi connectivity index (χ0) is 13.7. The number of hydrogen-bond acceptors (Lipinski definition) is 4. The molecule has 0 saturated heterocycles. The van der Waals surface area contributed by atoms with Crippen LogP contribution in [-0.4, -0.2) is 24.2 Å². The number of carbonyl (C=O) groups excluding carboxylic acids is 1. The number of rotatable bonds is 4. The molecule has 0 bridgehead atoms. The first-order valence-corrected chi connectivity index (χ1v) is 7.04. The van der Waals surface area contributed by atoms with Crippen molar-refractivity contribution in [3.63, 3.8) is 0 Å². The highest BCUT2D eigenvalue weighted by molar-refractivity contribution is 7.98. The van der Waals surface area contributed by atoms with Crippen LogP contribution in [0.5, 0.6) is 0 Å². The van der Waals surface area contributed by atoms with Crippen LogP contribution < -0.4 is 10.6 Å². The molecule has 5 heteroatoms. The summed E-state index contributed by atoms with van der Waals surface area (Å²) in [6.07, 6.45) is 3.61. The molecular formula is C14H15N3OS. The lowest BCUT2D eigenvalue weighted by atomic mass is 10.2. The Labute approximate surface area is 116 Å². The molecule has 1 amide bonds. The van der Waals surface area contributed by atoms with Gasteiger partial charge in [0.25, 0.3) is 5.91 Å². The fraction of sp³-hybridized carbons (Fsp3) is 0.143. The molecule has 2 N–H and O–H groups in total. The van der Waals surface area contributed by atoms with Gasteiger partial charge >= 0.3 is 0 Å². The lowest BCUT2D eigenvalue weighted by molar-refractivity contribution is 0.102. The first kappa shape index (κ1) is 13.4. The molecule has 0 saturated carbocycles. The summed E-state index contributed by atoms with van der Waals surface area (Å²) >= 11 is 1.64. The van der Waals surface area contributed by atoms with Gasteiger partial charge in [-0.05, 0) is 36.6 Å². The SMILES string of the molecule is CNc1cc(C(=O)Nc2cccc(SC)c2)ccn1. The van der Waals surface area contributed by atoms with E-state index in [9.17, 15) is 4.79 Å². The number of benzene rings is 1. The smallest absolute Gasteiger partial charge is 0.255 e. The lowest BCUT2D eigenvalue weighted by Gasteiger charge is -2.07. The van der Waals surface area contributed by atoms with Crippen LogP contribution in [0.3, 0.4) is 0 Å². The normalized spacial score (nSPS) is 10.0. The number of aromatic nitrogens is 1. The second kappa shape index (κ2) is 6.24. The summed E-state index contributed by atoms with van der Waals surface area (Å²) in [4.78, 5) is 17.3. The summed E-state index contributed by atoms with van der Waals surface area (Å²) in [5.74, 6) is 0.530. The number of anilines is 2. The van der Waals surface area contributed by atoms with Crippen LogP contribution >= 0.6 is 11.8 Å². The summed E-state index contributed by atoms with van der Waals surface area (Å²) < 4.78 is 0. The molecule has 0 aliphatic rings. The number of nitrogens with zero attached hydrogens (tertiary/aromatic N) is 1. The number of nitrogens with one attached hydrogen (secondary N) is 2. The van der Waals surface area contributed by atoms with Crippen molar-refractivity contribution in [2.24, 2.45) is 0 Å². The van der Waals surface area contributed by atoms with Gasteiger partial charge in [-0.1, -0.05) is 6.07 Å². The van der Waals surface area contributed by atoms with Crippen molar-refractivity contribution in [2.45, 2.75) is 4.90 Å². The first-order chi connectivity index (χ1) is 9.22. The van der Waals surface area contributed by atoms with Crippen molar-refractivity contribution in [2.75, 3.05) is 23.9 Å². The Hall–Kier alpha value is -2.01. The van der Waals surface area contributed by atoms with Gasteiger partial charge in [0, 0.05) is 29.4 Å². The van der Waals surface area contributed by atoms with E-state index < -0.39 is 0 Å². The summed E-state index contributed by atoms with van der Waals surface area (Å²) in [5.41, 5.74) is 1.37. The van der Waals surface area contributed by atoms with Crippen molar-refractivity contribution < 1.29 is 4.79 Å². The molecule has 98 valence electrons. The molecule has 0 spiro atoms. The summed E-state index contributed by atoms with van der Waals surface area (Å²) in [6, 6.07) is 11.2. The van der Waals surface area contributed by atoms with E-state index in [1.54, 1.807) is 37.1 Å². The van der Waals surface area contributed by atoms with Crippen LogP contribution in [0.4, 0.5) is 11.5 Å². The molecule has 19 heavy (non-hydrogen) atoms. The Balaban J connectivity index is 2.15. The van der Waals surface area contributed by atoms with Crippen LogP contribution in [0.25, 0.3) is 0 Å². The fourth-order valence-corrected chi connectivity index (χ4v) is 2.07. The fourth-order valence-electron chi connectivity index (χ4n) is 1.61. The van der Waals surface area contributed by atoms with Gasteiger partial charge in [0.1, 0.15) is 5.82 Å². The zero-order valence-corrected chi connectivity index (χ0v) is 11.6. The van der Waals surface area contributed by atoms with Crippen molar-refractivity contribution in [1.29, 1.82) is 0 Å². The predicted octanol–water partition coefficient (Wildman–Crippen LogP) is 3.10. The summed E-state index contributed by atoms with van der Waals surface area (Å²) in [7, 11) is 1.77. The van der Waals surface area contributed by atoms with Gasteiger partial charge < -0.3 is 10.6 Å². The van der Waals surface area contributed by atoms with E-state index in [0.29, 0.717) is 11.4 Å². The second-order valence-electron chi connectivity index (χ2n) is 3.87. The van der Waals surface area contributed by atoms with Crippen molar-refractivity contribution in [3.8, 4) is 0 Å². The molecular weight excluding hydrogens is 258 g/mol. The lowest BCUT2D eigenvalue weighted by Crippen LogP contribution is -2.12. The van der Waals surface area contributed by atoms with Gasteiger partial charge in [0.05, 0.1) is 0 Å². The average molecular weight is 273 g/mol. The second-order valence-corrected chi connectivity index (χ2v) is 4.75. The molecule has 0 unspecified atom stereocenters. The number of thioether (sulfide) groups is 1. The van der Waals surface area contributed by atoms with Gasteiger partial charge in [-0.25, -0.2) is 4.98 Å². The molecule has 2 rings (SSSR count). The maximum atomic E-state index is 12.1. The van der Waals surface area contributed by atoms with E-state index in [-0.39, 0.29) is 5.91 Å². The van der Waals surface area contributed by atoms with Crippen LogP contribution in [-0.2, 0) is 0 Å². The summed E-state index contributed by atoms with van der Waals surface area (Å²) in [6.45, 7) is 0. The minimum Gasteiger partial charge on any atom is -0.373 e. The van der Waals surface area contributed by atoms with Gasteiger partial charge in [0.2, 0.25) is 0 Å². The van der Waals surface area contributed by atoms with Crippen molar-refractivity contribution >= 4 is 29.2 Å². The number of amides is 1. The highest BCUT2D eigenvalue weighted by Crippen LogP contribution is 2.19. The standard InChI is InChI=1S/C14H15N3OS/c1-15-13-8-10(6-7-16-13)14(18)17-11-4-3-5-12(9-11)19-2/h3-9H,1-2H3,(H,15,16)(H,17,18). The van der Waals surface area contributed by atoms with E-state index in [0.717, 1.165) is 10.6 Å². The van der Waals surface area contributed by atoms with Crippen LogP contribution in [0.15, 0.2) is 47.5 Å². The number of pyridine rings is 1. The minimum atomic E-state index is -0.142. The van der Waals surface area contributed by atoms with Crippen molar-refractivity contribution in [1.82, 2.24) is 4.98 Å². The third-order valence-electron chi connectivity index (χ3n) is 2.61. The highest BCUT2D eigenvalue weighted by atomic mass is 32.2. The molecule has 4 nitrogen and oxygen atoms in total. The monoisotopic (exact) mass is 273 g/mol. The van der Waals surface area contributed by atoms with E-state index >= 15 is 0 Å². The van der Waals surface area contributed by atoms with E-state index in [4.69, 9.17) is 0 Å². The predicted molar refractivity (Wildman–Crippen MR) is 80.0 cm³/mol. The van der Waals surface area contributed by atoms with Gasteiger partial charge in [-0.15, -0.1) is 11.8 Å². The Morgan fingerprint density at radius 2 is 2.11 bits per heavy atom. The zero-order valence-electron chi connectivity index (χ0n) is 10.8. The average Bonchev–Trinajstić information content (AvgIpc) is 2.47. The molecule has 1 aromatic carbocycles. The molecule has 2 aromatic rings. The van der Waals surface area contributed by atoms with Crippen molar-refractivity contribution in [3.05, 3.63) is 48.2 Å². The number of hydrogen-bond donors (Lipinski definition) is 2.